The zero-order valence-electron chi connectivity index (χ0n) is 16.2. The molecule has 1 saturated heterocycles. The van der Waals surface area contributed by atoms with Crippen LogP contribution in [0.15, 0.2) is 18.2 Å². The highest BCUT2D eigenvalue weighted by molar-refractivity contribution is 5.78. The van der Waals surface area contributed by atoms with Gasteiger partial charge < -0.3 is 24.8 Å². The quantitative estimate of drug-likeness (QED) is 0.682. The lowest BCUT2D eigenvalue weighted by Crippen LogP contribution is -2.45. The summed E-state index contributed by atoms with van der Waals surface area (Å²) in [5, 5.41) is 6.14. The molecule has 1 amide bonds. The number of carbonyl (C=O) groups excluding carboxylic acids is 1. The second kappa shape index (κ2) is 10.4. The molecule has 0 aromatic heterocycles. The minimum absolute atomic E-state index is 0.0538. The summed E-state index contributed by atoms with van der Waals surface area (Å²) in [5.74, 6) is 1.37. The van der Waals surface area contributed by atoms with Gasteiger partial charge in [-0.05, 0) is 24.7 Å². The van der Waals surface area contributed by atoms with E-state index in [1.165, 1.54) is 0 Å². The zero-order chi connectivity index (χ0) is 18.9. The summed E-state index contributed by atoms with van der Waals surface area (Å²) in [6.45, 7) is 6.20. The van der Waals surface area contributed by atoms with Gasteiger partial charge in [0.1, 0.15) is 0 Å². The minimum atomic E-state index is -0.0734. The number of rotatable bonds is 9. The molecular formula is C19H31N3O4. The monoisotopic (exact) mass is 365 g/mol. The lowest BCUT2D eigenvalue weighted by atomic mass is 10.0. The molecule has 7 nitrogen and oxygen atoms in total. The van der Waals surface area contributed by atoms with E-state index in [1.54, 1.807) is 14.2 Å². The van der Waals surface area contributed by atoms with E-state index in [0.717, 1.165) is 18.7 Å². The molecule has 1 aliphatic heterocycles. The molecule has 1 aromatic rings. The lowest BCUT2D eigenvalue weighted by molar-refractivity contribution is -0.124. The van der Waals surface area contributed by atoms with Gasteiger partial charge in [-0.25, -0.2) is 0 Å². The van der Waals surface area contributed by atoms with Crippen molar-refractivity contribution in [3.05, 3.63) is 23.8 Å². The molecule has 2 unspecified atom stereocenters. The maximum absolute atomic E-state index is 12.3. The van der Waals surface area contributed by atoms with Crippen LogP contribution < -0.4 is 20.1 Å². The fourth-order valence-corrected chi connectivity index (χ4v) is 3.18. The number of nitrogens with one attached hydrogen (secondary N) is 2. The summed E-state index contributed by atoms with van der Waals surface area (Å²) in [4.78, 5) is 14.7. The topological polar surface area (TPSA) is 72.1 Å². The Balaban J connectivity index is 2.17. The first-order valence-electron chi connectivity index (χ1n) is 9.06. The predicted molar refractivity (Wildman–Crippen MR) is 101 cm³/mol. The molecule has 1 heterocycles. The second-order valence-corrected chi connectivity index (χ2v) is 6.48. The van der Waals surface area contributed by atoms with Crippen molar-refractivity contribution >= 4 is 5.91 Å². The Morgan fingerprint density at radius 3 is 2.50 bits per heavy atom. The Kier molecular flexibility index (Phi) is 8.15. The van der Waals surface area contributed by atoms with Crippen LogP contribution in [-0.2, 0) is 9.53 Å². The van der Waals surface area contributed by atoms with Crippen molar-refractivity contribution in [3.63, 3.8) is 0 Å². The summed E-state index contributed by atoms with van der Waals surface area (Å²) < 4.78 is 16.3. The van der Waals surface area contributed by atoms with Crippen molar-refractivity contribution in [1.29, 1.82) is 0 Å². The molecule has 0 saturated carbocycles. The minimum Gasteiger partial charge on any atom is -0.493 e. The molecule has 0 radical (unpaired) electrons. The van der Waals surface area contributed by atoms with Crippen molar-refractivity contribution in [2.75, 3.05) is 60.7 Å². The van der Waals surface area contributed by atoms with Crippen LogP contribution in [0.25, 0.3) is 0 Å². The largest absolute Gasteiger partial charge is 0.493 e. The molecule has 0 spiro atoms. The van der Waals surface area contributed by atoms with E-state index < -0.39 is 0 Å². The van der Waals surface area contributed by atoms with Gasteiger partial charge in [0.25, 0.3) is 0 Å². The zero-order valence-corrected chi connectivity index (χ0v) is 16.2. The van der Waals surface area contributed by atoms with E-state index in [1.807, 2.05) is 32.2 Å². The van der Waals surface area contributed by atoms with Gasteiger partial charge in [-0.15, -0.1) is 0 Å². The molecule has 1 aliphatic rings. The van der Waals surface area contributed by atoms with Crippen LogP contribution >= 0.6 is 0 Å². The number of nitrogens with zero attached hydrogens (tertiary/aromatic N) is 1. The number of carbonyl (C=O) groups is 1. The summed E-state index contributed by atoms with van der Waals surface area (Å²) >= 11 is 0. The average Bonchev–Trinajstić information content (AvgIpc) is 2.68. The Bertz CT molecular complexity index is 576. The number of hydrogen-bond acceptors (Lipinski definition) is 6. The summed E-state index contributed by atoms with van der Waals surface area (Å²) in [7, 11) is 5.11. The van der Waals surface area contributed by atoms with Crippen molar-refractivity contribution in [1.82, 2.24) is 15.5 Å². The first kappa shape index (κ1) is 20.5. The first-order valence-corrected chi connectivity index (χ1v) is 9.06. The van der Waals surface area contributed by atoms with Crippen LogP contribution in [0.1, 0.15) is 18.5 Å². The van der Waals surface area contributed by atoms with Crippen LogP contribution in [0, 0.1) is 5.92 Å². The Labute approximate surface area is 156 Å². The van der Waals surface area contributed by atoms with Crippen LogP contribution in [0.5, 0.6) is 11.5 Å². The van der Waals surface area contributed by atoms with Gasteiger partial charge in [0.05, 0.1) is 33.5 Å². The van der Waals surface area contributed by atoms with Crippen LogP contribution in [0.3, 0.4) is 0 Å². The van der Waals surface area contributed by atoms with Crippen molar-refractivity contribution in [2.24, 2.45) is 5.92 Å². The highest BCUT2D eigenvalue weighted by Crippen LogP contribution is 2.32. The van der Waals surface area contributed by atoms with Crippen LogP contribution in [0.2, 0.25) is 0 Å². The molecule has 0 bridgehead atoms. The van der Waals surface area contributed by atoms with Gasteiger partial charge >= 0.3 is 0 Å². The standard InChI is InChI=1S/C19H31N3O4/c1-14(12-20-2)19(23)21-13-16(22-7-9-26-10-8-22)15-5-6-17(24-3)18(11-15)25-4/h5-6,11,14,16,20H,7-10,12-13H2,1-4H3,(H,21,23). The predicted octanol–water partition coefficient (Wildman–Crippen LogP) is 1.05. The smallest absolute Gasteiger partial charge is 0.224 e. The lowest BCUT2D eigenvalue weighted by Gasteiger charge is -2.35. The average molecular weight is 365 g/mol. The number of hydrogen-bond donors (Lipinski definition) is 2. The number of morpholine rings is 1. The van der Waals surface area contributed by atoms with Crippen LogP contribution in [0.4, 0.5) is 0 Å². The van der Waals surface area contributed by atoms with Gasteiger partial charge in [-0.2, -0.15) is 0 Å². The maximum atomic E-state index is 12.3. The van der Waals surface area contributed by atoms with Crippen molar-refractivity contribution < 1.29 is 19.0 Å². The third-order valence-corrected chi connectivity index (χ3v) is 4.71. The Hall–Kier alpha value is -1.83. The highest BCUT2D eigenvalue weighted by atomic mass is 16.5. The Morgan fingerprint density at radius 1 is 1.19 bits per heavy atom. The molecule has 2 N–H and O–H groups in total. The third-order valence-electron chi connectivity index (χ3n) is 4.71. The van der Waals surface area contributed by atoms with E-state index in [2.05, 4.69) is 15.5 Å². The van der Waals surface area contributed by atoms with E-state index >= 15 is 0 Å². The van der Waals surface area contributed by atoms with Gasteiger partial charge in [0.2, 0.25) is 5.91 Å². The van der Waals surface area contributed by atoms with E-state index in [0.29, 0.717) is 37.8 Å². The van der Waals surface area contributed by atoms with Crippen molar-refractivity contribution in [3.8, 4) is 11.5 Å². The van der Waals surface area contributed by atoms with Crippen LogP contribution in [-0.4, -0.2) is 71.5 Å². The summed E-state index contributed by atoms with van der Waals surface area (Å²) in [6, 6.07) is 5.99. The summed E-state index contributed by atoms with van der Waals surface area (Å²) in [6.07, 6.45) is 0. The molecule has 7 heteroatoms. The van der Waals surface area contributed by atoms with Gasteiger partial charge in [0, 0.05) is 32.1 Å². The normalized spacial score (nSPS) is 17.4. The molecule has 2 atom stereocenters. The van der Waals surface area contributed by atoms with E-state index in [9.17, 15) is 4.79 Å². The number of benzene rings is 1. The van der Waals surface area contributed by atoms with Gasteiger partial charge in [-0.3, -0.25) is 9.69 Å². The fraction of sp³-hybridized carbons (Fsp3) is 0.632. The molecule has 0 aliphatic carbocycles. The molecular weight excluding hydrogens is 334 g/mol. The SMILES string of the molecule is CNCC(C)C(=O)NCC(c1ccc(OC)c(OC)c1)N1CCOCC1. The highest BCUT2D eigenvalue weighted by Gasteiger charge is 2.25. The van der Waals surface area contributed by atoms with Crippen molar-refractivity contribution in [2.45, 2.75) is 13.0 Å². The van der Waals surface area contributed by atoms with E-state index in [-0.39, 0.29) is 17.9 Å². The third kappa shape index (κ3) is 5.33. The first-order chi connectivity index (χ1) is 12.6. The molecule has 26 heavy (non-hydrogen) atoms. The molecule has 1 fully saturated rings. The van der Waals surface area contributed by atoms with Gasteiger partial charge in [-0.1, -0.05) is 13.0 Å². The number of methoxy groups -OCH3 is 2. The Morgan fingerprint density at radius 2 is 1.88 bits per heavy atom. The second-order valence-electron chi connectivity index (χ2n) is 6.48. The summed E-state index contributed by atoms with van der Waals surface area (Å²) in [5.41, 5.74) is 1.09. The van der Waals surface area contributed by atoms with Gasteiger partial charge in [0.15, 0.2) is 11.5 Å². The molecule has 2 rings (SSSR count). The molecule has 146 valence electrons. The number of ether oxygens (including phenoxy) is 3. The van der Waals surface area contributed by atoms with E-state index in [4.69, 9.17) is 14.2 Å². The number of amides is 1. The fourth-order valence-electron chi connectivity index (χ4n) is 3.18. The maximum Gasteiger partial charge on any atom is 0.224 e. The molecule has 1 aromatic carbocycles.